The molecule has 0 saturated heterocycles. The van der Waals surface area contributed by atoms with Crippen LogP contribution in [0.25, 0.3) is 16.6 Å². The van der Waals surface area contributed by atoms with Crippen molar-refractivity contribution < 1.29 is 9.90 Å². The lowest BCUT2D eigenvalue weighted by molar-refractivity contribution is 0.0949. The van der Waals surface area contributed by atoms with Crippen LogP contribution in [0, 0.1) is 6.92 Å². The van der Waals surface area contributed by atoms with Crippen molar-refractivity contribution in [1.82, 2.24) is 19.7 Å². The summed E-state index contributed by atoms with van der Waals surface area (Å²) < 4.78 is 1.27. The molecule has 0 aliphatic heterocycles. The van der Waals surface area contributed by atoms with E-state index in [0.29, 0.717) is 18.6 Å². The van der Waals surface area contributed by atoms with E-state index in [4.69, 9.17) is 0 Å². The van der Waals surface area contributed by atoms with Crippen LogP contribution in [0.5, 0.6) is 5.88 Å². The lowest BCUT2D eigenvalue weighted by Crippen LogP contribution is -2.33. The number of carbonyl (C=O) groups is 1. The number of carbonyl (C=O) groups excluding carboxylic acids is 1. The molecule has 0 radical (unpaired) electrons. The molecule has 136 valence electrons. The molecule has 7 heteroatoms. The quantitative estimate of drug-likeness (QED) is 0.518. The van der Waals surface area contributed by atoms with Gasteiger partial charge in [-0.1, -0.05) is 24.3 Å². The van der Waals surface area contributed by atoms with Gasteiger partial charge in [-0.15, -0.1) is 0 Å². The zero-order valence-corrected chi connectivity index (χ0v) is 14.7. The molecular weight excluding hydrogens is 344 g/mol. The molecule has 27 heavy (non-hydrogen) atoms. The van der Waals surface area contributed by atoms with Crippen molar-refractivity contribution in [2.75, 3.05) is 6.54 Å². The van der Waals surface area contributed by atoms with Crippen molar-refractivity contribution in [3.05, 3.63) is 75.8 Å². The third-order valence-electron chi connectivity index (χ3n) is 4.61. The van der Waals surface area contributed by atoms with Crippen molar-refractivity contribution in [2.45, 2.75) is 13.3 Å². The summed E-state index contributed by atoms with van der Waals surface area (Å²) in [5.41, 5.74) is 2.22. The number of benzene rings is 1. The normalized spacial score (nSPS) is 11.1. The van der Waals surface area contributed by atoms with Gasteiger partial charge in [-0.2, -0.15) is 4.98 Å². The predicted molar refractivity (Wildman–Crippen MR) is 102 cm³/mol. The summed E-state index contributed by atoms with van der Waals surface area (Å²) in [6.45, 7) is 2.11. The van der Waals surface area contributed by atoms with Crippen molar-refractivity contribution in [1.29, 1.82) is 0 Å². The molecule has 0 bridgehead atoms. The van der Waals surface area contributed by atoms with Crippen molar-refractivity contribution in [3.8, 4) is 5.88 Å². The number of aromatic amines is 1. The van der Waals surface area contributed by atoms with E-state index in [0.717, 1.165) is 22.0 Å². The van der Waals surface area contributed by atoms with E-state index in [-0.39, 0.29) is 5.56 Å². The molecule has 3 N–H and O–H groups in total. The van der Waals surface area contributed by atoms with Gasteiger partial charge in [0.25, 0.3) is 11.5 Å². The number of aromatic nitrogens is 3. The summed E-state index contributed by atoms with van der Waals surface area (Å²) in [5.74, 6) is -1.19. The van der Waals surface area contributed by atoms with Crippen LogP contribution >= 0.6 is 0 Å². The first-order chi connectivity index (χ1) is 13.1. The van der Waals surface area contributed by atoms with Gasteiger partial charge in [0.1, 0.15) is 5.65 Å². The molecular formula is C20H18N4O3. The monoisotopic (exact) mass is 362 g/mol. The molecule has 7 nitrogen and oxygen atoms in total. The van der Waals surface area contributed by atoms with Crippen LogP contribution in [-0.4, -0.2) is 31.9 Å². The smallest absolute Gasteiger partial charge is 0.274 e. The Labute approximate surface area is 154 Å². The van der Waals surface area contributed by atoms with E-state index >= 15 is 0 Å². The number of hydrogen-bond donors (Lipinski definition) is 3. The Morgan fingerprint density at radius 3 is 2.93 bits per heavy atom. The minimum atomic E-state index is -0.638. The number of amides is 1. The van der Waals surface area contributed by atoms with Gasteiger partial charge in [0.2, 0.25) is 5.88 Å². The number of nitrogens with zero attached hydrogens (tertiary/aromatic N) is 2. The van der Waals surface area contributed by atoms with Gasteiger partial charge in [0, 0.05) is 29.8 Å². The average molecular weight is 362 g/mol. The number of pyridine rings is 1. The Balaban J connectivity index is 1.56. The molecule has 0 aliphatic rings. The summed E-state index contributed by atoms with van der Waals surface area (Å²) in [5, 5.41) is 13.9. The first-order valence-corrected chi connectivity index (χ1v) is 8.60. The van der Waals surface area contributed by atoms with Crippen LogP contribution in [-0.2, 0) is 6.42 Å². The average Bonchev–Trinajstić information content (AvgIpc) is 3.06. The minimum absolute atomic E-state index is 0.329. The Hall–Kier alpha value is -3.61. The van der Waals surface area contributed by atoms with Crippen LogP contribution in [0.1, 0.15) is 21.5 Å². The van der Waals surface area contributed by atoms with Crippen molar-refractivity contribution in [2.24, 2.45) is 0 Å². The fourth-order valence-electron chi connectivity index (χ4n) is 3.22. The highest BCUT2D eigenvalue weighted by molar-refractivity contribution is 5.96. The van der Waals surface area contributed by atoms with Gasteiger partial charge < -0.3 is 15.4 Å². The lowest BCUT2D eigenvalue weighted by atomic mass is 10.1. The molecule has 0 saturated carbocycles. The minimum Gasteiger partial charge on any atom is -0.493 e. The molecule has 0 unspecified atom stereocenters. The second-order valence-electron chi connectivity index (χ2n) is 6.37. The van der Waals surface area contributed by atoms with Crippen LogP contribution in [0.4, 0.5) is 0 Å². The van der Waals surface area contributed by atoms with Gasteiger partial charge in [-0.25, -0.2) is 0 Å². The number of aromatic hydroxyl groups is 1. The lowest BCUT2D eigenvalue weighted by Gasteiger charge is -2.09. The zero-order valence-electron chi connectivity index (χ0n) is 14.7. The summed E-state index contributed by atoms with van der Waals surface area (Å²) in [6.07, 6.45) is 4.03. The Bertz CT molecular complexity index is 1220. The van der Waals surface area contributed by atoms with Gasteiger partial charge in [-0.3, -0.25) is 14.0 Å². The number of hydrogen-bond acceptors (Lipinski definition) is 4. The number of fused-ring (bicyclic) bond motifs is 2. The highest BCUT2D eigenvalue weighted by Gasteiger charge is 2.20. The van der Waals surface area contributed by atoms with Crippen LogP contribution in [0.15, 0.2) is 53.6 Å². The van der Waals surface area contributed by atoms with Crippen molar-refractivity contribution in [3.63, 3.8) is 0 Å². The van der Waals surface area contributed by atoms with Crippen LogP contribution in [0.3, 0.4) is 0 Å². The maximum absolute atomic E-state index is 12.6. The Kier molecular flexibility index (Phi) is 4.12. The van der Waals surface area contributed by atoms with E-state index in [1.165, 1.54) is 10.6 Å². The molecule has 4 rings (SSSR count). The first-order valence-electron chi connectivity index (χ1n) is 8.60. The fourth-order valence-corrected chi connectivity index (χ4v) is 3.22. The maximum atomic E-state index is 12.6. The van der Waals surface area contributed by atoms with E-state index in [1.807, 2.05) is 30.5 Å². The zero-order chi connectivity index (χ0) is 19.0. The molecule has 3 heterocycles. The first kappa shape index (κ1) is 16.8. The molecule has 3 aromatic heterocycles. The number of aryl methyl sites for hydroxylation is 1. The van der Waals surface area contributed by atoms with Gasteiger partial charge in [0.15, 0.2) is 5.56 Å². The number of nitrogens with one attached hydrogen (secondary N) is 2. The molecule has 0 spiro atoms. The highest BCUT2D eigenvalue weighted by atomic mass is 16.3. The SMILES string of the molecule is Cc1cccn2c(=O)c(C(=O)NCCc3c[nH]c4ccccc34)c(O)nc12. The second kappa shape index (κ2) is 6.60. The molecule has 1 aromatic carbocycles. The highest BCUT2D eigenvalue weighted by Crippen LogP contribution is 2.18. The topological polar surface area (TPSA) is 99.5 Å². The fraction of sp³-hybridized carbons (Fsp3) is 0.150. The van der Waals surface area contributed by atoms with Gasteiger partial charge in [0.05, 0.1) is 0 Å². The van der Waals surface area contributed by atoms with E-state index < -0.39 is 17.3 Å². The van der Waals surface area contributed by atoms with Crippen molar-refractivity contribution >= 4 is 22.5 Å². The molecule has 1 amide bonds. The standard InChI is InChI=1S/C20H18N4O3/c1-12-5-4-10-24-17(12)23-19(26)16(20(24)27)18(25)21-9-8-13-11-22-15-7-3-2-6-14(13)15/h2-7,10-11,22,26H,8-9H2,1H3,(H,21,25). The second-order valence-corrected chi connectivity index (χ2v) is 6.37. The summed E-state index contributed by atoms with van der Waals surface area (Å²) in [7, 11) is 0. The number of H-pyrrole nitrogens is 1. The van der Waals surface area contributed by atoms with E-state index in [9.17, 15) is 14.7 Å². The summed E-state index contributed by atoms with van der Waals surface area (Å²) >= 11 is 0. The molecule has 4 aromatic rings. The molecule has 0 atom stereocenters. The third-order valence-corrected chi connectivity index (χ3v) is 4.61. The summed E-state index contributed by atoms with van der Waals surface area (Å²) in [4.78, 5) is 32.3. The van der Waals surface area contributed by atoms with Crippen LogP contribution < -0.4 is 10.9 Å². The number of rotatable bonds is 4. The van der Waals surface area contributed by atoms with Gasteiger partial charge >= 0.3 is 0 Å². The van der Waals surface area contributed by atoms with E-state index in [2.05, 4.69) is 15.3 Å². The number of para-hydroxylation sites is 1. The maximum Gasteiger partial charge on any atom is 0.274 e. The third kappa shape index (κ3) is 2.93. The Morgan fingerprint density at radius 2 is 2.07 bits per heavy atom. The molecule has 0 fully saturated rings. The van der Waals surface area contributed by atoms with E-state index in [1.54, 1.807) is 19.1 Å². The predicted octanol–water partition coefficient (Wildman–Crippen LogP) is 2.16. The van der Waals surface area contributed by atoms with Crippen LogP contribution in [0.2, 0.25) is 0 Å². The largest absolute Gasteiger partial charge is 0.493 e. The van der Waals surface area contributed by atoms with Gasteiger partial charge in [-0.05, 0) is 36.6 Å². The Morgan fingerprint density at radius 1 is 1.26 bits per heavy atom. The molecule has 0 aliphatic carbocycles. The summed E-state index contributed by atoms with van der Waals surface area (Å²) in [6, 6.07) is 11.4.